The van der Waals surface area contributed by atoms with Crippen LogP contribution < -0.4 is 15.4 Å². The second kappa shape index (κ2) is 10.9. The van der Waals surface area contributed by atoms with E-state index in [4.69, 9.17) is 4.74 Å². The summed E-state index contributed by atoms with van der Waals surface area (Å²) >= 11 is 0. The second-order valence-electron chi connectivity index (χ2n) is 6.73. The zero-order valence-electron chi connectivity index (χ0n) is 18.3. The van der Waals surface area contributed by atoms with Crippen LogP contribution in [0.5, 0.6) is 5.75 Å². The molecule has 2 rings (SSSR count). The molecular formula is C22H29N3O5S. The number of carbonyl (C=O) groups is 2. The highest BCUT2D eigenvalue weighted by Gasteiger charge is 2.26. The number of rotatable bonds is 10. The van der Waals surface area contributed by atoms with Gasteiger partial charge in [0.2, 0.25) is 15.9 Å². The number of hydrogen-bond acceptors (Lipinski definition) is 5. The van der Waals surface area contributed by atoms with Gasteiger partial charge >= 0.3 is 0 Å². The normalized spacial score (nSPS) is 11.3. The number of nitrogens with zero attached hydrogens (tertiary/aromatic N) is 1. The molecule has 0 spiro atoms. The molecule has 0 bridgehead atoms. The van der Waals surface area contributed by atoms with Crippen molar-refractivity contribution in [2.75, 3.05) is 31.6 Å². The number of sulfonamides is 1. The molecule has 0 radical (unpaired) electrons. The van der Waals surface area contributed by atoms with E-state index in [2.05, 4.69) is 10.6 Å². The standard InChI is InChI=1S/C22H29N3O5S/c1-5-25(6-2)31(28,29)20-14-17(12-13-19(20)30-7-3)24-21(26)15-23-22(27)18-11-9-8-10-16(18)4/h8-14H,5-7,15H2,1-4H3,(H,23,27)(H,24,26). The summed E-state index contributed by atoms with van der Waals surface area (Å²) in [5.41, 5.74) is 1.59. The van der Waals surface area contributed by atoms with E-state index in [1.165, 1.54) is 16.4 Å². The molecule has 31 heavy (non-hydrogen) atoms. The predicted octanol–water partition coefficient (Wildman–Crippen LogP) is 2.79. The maximum Gasteiger partial charge on any atom is 0.251 e. The first-order valence-corrected chi connectivity index (χ1v) is 11.6. The molecule has 0 saturated carbocycles. The van der Waals surface area contributed by atoms with Gasteiger partial charge in [-0.25, -0.2) is 8.42 Å². The van der Waals surface area contributed by atoms with E-state index >= 15 is 0 Å². The molecule has 9 heteroatoms. The molecule has 2 amide bonds. The van der Waals surface area contributed by atoms with Crippen molar-refractivity contribution < 1.29 is 22.7 Å². The maximum atomic E-state index is 13.0. The Labute approximate surface area is 183 Å². The van der Waals surface area contributed by atoms with Crippen LogP contribution in [0.25, 0.3) is 0 Å². The molecule has 0 aliphatic heterocycles. The molecule has 2 aromatic rings. The van der Waals surface area contributed by atoms with Gasteiger partial charge in [-0.3, -0.25) is 9.59 Å². The van der Waals surface area contributed by atoms with Gasteiger partial charge in [-0.1, -0.05) is 32.0 Å². The summed E-state index contributed by atoms with van der Waals surface area (Å²) in [5, 5.41) is 5.20. The third-order valence-corrected chi connectivity index (χ3v) is 6.72. The van der Waals surface area contributed by atoms with Crippen LogP contribution in [0.3, 0.4) is 0 Å². The quantitative estimate of drug-likeness (QED) is 0.583. The van der Waals surface area contributed by atoms with Crippen molar-refractivity contribution in [3.63, 3.8) is 0 Å². The van der Waals surface area contributed by atoms with Crippen LogP contribution in [0.4, 0.5) is 5.69 Å². The zero-order valence-corrected chi connectivity index (χ0v) is 19.1. The third-order valence-electron chi connectivity index (χ3n) is 4.65. The number of anilines is 1. The highest BCUT2D eigenvalue weighted by Crippen LogP contribution is 2.30. The molecule has 0 saturated heterocycles. The lowest BCUT2D eigenvalue weighted by Gasteiger charge is -2.21. The Hall–Kier alpha value is -2.91. The Kier molecular flexibility index (Phi) is 8.58. The number of hydrogen-bond donors (Lipinski definition) is 2. The molecule has 2 aromatic carbocycles. The van der Waals surface area contributed by atoms with E-state index in [1.54, 1.807) is 39.0 Å². The summed E-state index contributed by atoms with van der Waals surface area (Å²) in [6.45, 7) is 7.76. The summed E-state index contributed by atoms with van der Waals surface area (Å²) in [4.78, 5) is 24.6. The van der Waals surface area contributed by atoms with Crippen molar-refractivity contribution in [3.8, 4) is 5.75 Å². The Morgan fingerprint density at radius 2 is 1.71 bits per heavy atom. The zero-order chi connectivity index (χ0) is 23.0. The van der Waals surface area contributed by atoms with Gasteiger partial charge in [0, 0.05) is 24.3 Å². The molecule has 0 unspecified atom stereocenters. The van der Waals surface area contributed by atoms with Crippen molar-refractivity contribution in [3.05, 3.63) is 53.6 Å². The Morgan fingerprint density at radius 1 is 1.03 bits per heavy atom. The van der Waals surface area contributed by atoms with Crippen LogP contribution in [0.15, 0.2) is 47.4 Å². The highest BCUT2D eigenvalue weighted by atomic mass is 32.2. The first-order valence-electron chi connectivity index (χ1n) is 10.1. The SMILES string of the molecule is CCOc1ccc(NC(=O)CNC(=O)c2ccccc2C)cc1S(=O)(=O)N(CC)CC. The fourth-order valence-electron chi connectivity index (χ4n) is 3.05. The van der Waals surface area contributed by atoms with Gasteiger partial charge in [0.15, 0.2) is 0 Å². The van der Waals surface area contributed by atoms with Crippen molar-refractivity contribution in [1.82, 2.24) is 9.62 Å². The summed E-state index contributed by atoms with van der Waals surface area (Å²) < 4.78 is 32.8. The van der Waals surface area contributed by atoms with Crippen LogP contribution in [0.2, 0.25) is 0 Å². The van der Waals surface area contributed by atoms with Crippen molar-refractivity contribution in [1.29, 1.82) is 0 Å². The number of benzene rings is 2. The van der Waals surface area contributed by atoms with Gasteiger partial charge in [0.05, 0.1) is 13.2 Å². The number of aryl methyl sites for hydroxylation is 1. The second-order valence-corrected chi connectivity index (χ2v) is 8.64. The van der Waals surface area contributed by atoms with E-state index < -0.39 is 15.9 Å². The largest absolute Gasteiger partial charge is 0.492 e. The number of carbonyl (C=O) groups excluding carboxylic acids is 2. The highest BCUT2D eigenvalue weighted by molar-refractivity contribution is 7.89. The number of nitrogens with one attached hydrogen (secondary N) is 2. The molecule has 8 nitrogen and oxygen atoms in total. The van der Waals surface area contributed by atoms with E-state index in [0.717, 1.165) is 5.56 Å². The number of amides is 2. The van der Waals surface area contributed by atoms with Gasteiger partial charge in [-0.15, -0.1) is 0 Å². The smallest absolute Gasteiger partial charge is 0.251 e. The van der Waals surface area contributed by atoms with Crippen molar-refractivity contribution in [2.24, 2.45) is 0 Å². The van der Waals surface area contributed by atoms with Crippen LogP contribution in [-0.2, 0) is 14.8 Å². The summed E-state index contributed by atoms with van der Waals surface area (Å²) in [6, 6.07) is 11.5. The Balaban J connectivity index is 2.17. The maximum absolute atomic E-state index is 13.0. The molecular weight excluding hydrogens is 418 g/mol. The first kappa shape index (κ1) is 24.4. The van der Waals surface area contributed by atoms with E-state index in [9.17, 15) is 18.0 Å². The molecule has 0 aliphatic carbocycles. The van der Waals surface area contributed by atoms with Crippen LogP contribution in [-0.4, -0.2) is 50.8 Å². The Morgan fingerprint density at radius 3 is 2.32 bits per heavy atom. The minimum atomic E-state index is -3.79. The van der Waals surface area contributed by atoms with E-state index in [1.807, 2.05) is 19.1 Å². The van der Waals surface area contributed by atoms with Gasteiger partial charge in [0.1, 0.15) is 10.6 Å². The number of ether oxygens (including phenoxy) is 1. The summed E-state index contributed by atoms with van der Waals surface area (Å²) in [7, 11) is -3.79. The topological polar surface area (TPSA) is 105 Å². The van der Waals surface area contributed by atoms with Crippen molar-refractivity contribution >= 4 is 27.5 Å². The molecule has 0 fully saturated rings. The molecule has 0 atom stereocenters. The van der Waals surface area contributed by atoms with Gasteiger partial charge in [-0.2, -0.15) is 4.31 Å². The predicted molar refractivity (Wildman–Crippen MR) is 120 cm³/mol. The lowest BCUT2D eigenvalue weighted by atomic mass is 10.1. The van der Waals surface area contributed by atoms with E-state index in [-0.39, 0.29) is 23.1 Å². The lowest BCUT2D eigenvalue weighted by molar-refractivity contribution is -0.115. The van der Waals surface area contributed by atoms with E-state index in [0.29, 0.717) is 30.9 Å². The molecule has 0 heterocycles. The van der Waals surface area contributed by atoms with Crippen molar-refractivity contribution in [2.45, 2.75) is 32.6 Å². The summed E-state index contributed by atoms with van der Waals surface area (Å²) in [5.74, 6) is -0.609. The first-order chi connectivity index (χ1) is 14.7. The minimum Gasteiger partial charge on any atom is -0.492 e. The average Bonchev–Trinajstić information content (AvgIpc) is 2.74. The van der Waals surface area contributed by atoms with Gasteiger partial charge < -0.3 is 15.4 Å². The van der Waals surface area contributed by atoms with Crippen LogP contribution in [0, 0.1) is 6.92 Å². The third kappa shape index (κ3) is 6.05. The lowest BCUT2D eigenvalue weighted by Crippen LogP contribution is -2.33. The monoisotopic (exact) mass is 447 g/mol. The van der Waals surface area contributed by atoms with Crippen LogP contribution >= 0.6 is 0 Å². The molecule has 2 N–H and O–H groups in total. The average molecular weight is 448 g/mol. The summed E-state index contributed by atoms with van der Waals surface area (Å²) in [6.07, 6.45) is 0. The van der Waals surface area contributed by atoms with Crippen LogP contribution in [0.1, 0.15) is 36.7 Å². The molecule has 0 aromatic heterocycles. The molecule has 0 aliphatic rings. The fourth-order valence-corrected chi connectivity index (χ4v) is 4.67. The Bertz CT molecular complexity index is 1030. The van der Waals surface area contributed by atoms with Gasteiger partial charge in [0.25, 0.3) is 5.91 Å². The minimum absolute atomic E-state index is 0.0141. The van der Waals surface area contributed by atoms with Gasteiger partial charge in [-0.05, 0) is 43.7 Å². The molecule has 168 valence electrons. The fraction of sp³-hybridized carbons (Fsp3) is 0.364.